The van der Waals surface area contributed by atoms with E-state index in [4.69, 9.17) is 4.84 Å². The molecule has 1 fully saturated rings. The number of hydroxylamine groups is 2. The SMILES string of the molecule is CON(C)Cc1c2c(B(O)O)cccc2c2cc(CN(C)C(=O)CN3CCN(CC(=O)O)CCN(CC(=O)O)CCN(CC(=O)O)CC3)ccc2[n+]1C. The number of benzene rings is 2. The summed E-state index contributed by atoms with van der Waals surface area (Å²) in [4.78, 5) is 62.5. The number of amides is 1. The van der Waals surface area contributed by atoms with E-state index in [2.05, 4.69) is 0 Å². The number of aliphatic carboxylic acids is 3. The number of nitrogens with zero attached hydrogens (tertiary/aromatic N) is 7. The predicted octanol–water partition coefficient (Wildman–Crippen LogP) is -2.08. The van der Waals surface area contributed by atoms with Crippen LogP contribution in [0.3, 0.4) is 0 Å². The maximum Gasteiger partial charge on any atom is 0.489 e. The Kier molecular flexibility index (Phi) is 15.0. The van der Waals surface area contributed by atoms with Crippen LogP contribution in [0.5, 0.6) is 0 Å². The minimum Gasteiger partial charge on any atom is -0.480 e. The molecule has 4 rings (SSSR count). The molecule has 288 valence electrons. The summed E-state index contributed by atoms with van der Waals surface area (Å²) in [6.07, 6.45) is 0. The summed E-state index contributed by atoms with van der Waals surface area (Å²) in [6.45, 7) is 2.38. The number of carboxylic acid groups (broad SMARTS) is 3. The van der Waals surface area contributed by atoms with Crippen LogP contribution in [0.15, 0.2) is 36.4 Å². The molecule has 1 aliphatic rings. The van der Waals surface area contributed by atoms with Gasteiger partial charge in [0.15, 0.2) is 0 Å². The molecule has 0 unspecified atom stereocenters. The van der Waals surface area contributed by atoms with E-state index in [1.165, 1.54) is 0 Å². The molecule has 1 aromatic heterocycles. The summed E-state index contributed by atoms with van der Waals surface area (Å²) in [5, 5.41) is 53.0. The standard InChI is InChI=1S/C35H50BN7O10/c1-37(19-25-8-9-29-27(18-25)26-6-5-7-28(36(51)52)35(26)30(39(29)3)20-38(2)53-4)31(44)21-40-10-12-41(22-32(45)46)14-16-43(24-34(49)50)17-15-42(13-11-40)23-33(47)48/h5-9,18,51-52H,10-17,19-24H2,1-4H3,(H2-,45,46,47,48,49,50)/p+1. The Morgan fingerprint density at radius 1 is 0.736 bits per heavy atom. The van der Waals surface area contributed by atoms with Crippen molar-refractivity contribution in [3.63, 3.8) is 0 Å². The molecular formula is C35H51BN7O10+. The number of hydrogen-bond donors (Lipinski definition) is 5. The second kappa shape index (κ2) is 19.2. The second-order valence-electron chi connectivity index (χ2n) is 13.5. The van der Waals surface area contributed by atoms with E-state index in [1.807, 2.05) is 40.8 Å². The average Bonchev–Trinajstić information content (AvgIpc) is 3.09. The van der Waals surface area contributed by atoms with E-state index in [-0.39, 0.29) is 64.8 Å². The Labute approximate surface area is 308 Å². The Bertz CT molecular complexity index is 1750. The van der Waals surface area contributed by atoms with Gasteiger partial charge in [0.25, 0.3) is 0 Å². The maximum atomic E-state index is 13.7. The van der Waals surface area contributed by atoms with Crippen molar-refractivity contribution in [2.45, 2.75) is 13.1 Å². The van der Waals surface area contributed by atoms with E-state index in [9.17, 15) is 44.5 Å². The molecule has 0 atom stereocenters. The average molecular weight is 741 g/mol. The smallest absolute Gasteiger partial charge is 0.480 e. The number of carbonyl (C=O) groups excluding carboxylic acids is 1. The van der Waals surface area contributed by atoms with Gasteiger partial charge in [-0.05, 0) is 17.1 Å². The van der Waals surface area contributed by atoms with Crippen LogP contribution < -0.4 is 10.0 Å². The molecule has 18 heteroatoms. The van der Waals surface area contributed by atoms with E-state index in [1.54, 1.807) is 58.0 Å². The fraction of sp³-hybridized carbons (Fsp3) is 0.514. The lowest BCUT2D eigenvalue weighted by Gasteiger charge is -2.33. The molecule has 0 radical (unpaired) electrons. The topological polar surface area (TPSA) is 202 Å². The van der Waals surface area contributed by atoms with Crippen LogP contribution in [0.2, 0.25) is 0 Å². The zero-order valence-electron chi connectivity index (χ0n) is 30.8. The molecule has 0 bridgehead atoms. The van der Waals surface area contributed by atoms with E-state index in [0.29, 0.717) is 43.6 Å². The van der Waals surface area contributed by atoms with Crippen LogP contribution in [-0.2, 0) is 44.2 Å². The first-order chi connectivity index (χ1) is 25.2. The monoisotopic (exact) mass is 740 g/mol. The van der Waals surface area contributed by atoms with E-state index < -0.39 is 25.0 Å². The van der Waals surface area contributed by atoms with Gasteiger partial charge in [0.05, 0.1) is 44.1 Å². The highest BCUT2D eigenvalue weighted by Crippen LogP contribution is 2.26. The van der Waals surface area contributed by atoms with Crippen molar-refractivity contribution in [2.24, 2.45) is 7.05 Å². The predicted molar refractivity (Wildman–Crippen MR) is 196 cm³/mol. The summed E-state index contributed by atoms with van der Waals surface area (Å²) >= 11 is 0. The van der Waals surface area contributed by atoms with Gasteiger partial charge in [-0.1, -0.05) is 24.3 Å². The lowest BCUT2D eigenvalue weighted by Crippen LogP contribution is -2.49. The van der Waals surface area contributed by atoms with Crippen LogP contribution >= 0.6 is 0 Å². The number of aryl methyl sites for hydroxylation is 1. The van der Waals surface area contributed by atoms with Crippen molar-refractivity contribution in [1.29, 1.82) is 0 Å². The number of pyridine rings is 1. The van der Waals surface area contributed by atoms with Gasteiger partial charge in [-0.3, -0.25) is 38.8 Å². The van der Waals surface area contributed by atoms with Gasteiger partial charge in [-0.25, -0.2) is 0 Å². The number of likely N-dealkylation sites (N-methyl/N-ethyl adjacent to an activating group) is 1. The second-order valence-corrected chi connectivity index (χ2v) is 13.5. The minimum absolute atomic E-state index is 0.0169. The van der Waals surface area contributed by atoms with Crippen LogP contribution in [0.1, 0.15) is 11.3 Å². The van der Waals surface area contributed by atoms with E-state index in [0.717, 1.165) is 27.5 Å². The molecule has 17 nitrogen and oxygen atoms in total. The van der Waals surface area contributed by atoms with Crippen molar-refractivity contribution in [3.05, 3.63) is 47.7 Å². The molecule has 5 N–H and O–H groups in total. The Morgan fingerprint density at radius 2 is 1.23 bits per heavy atom. The number of carbonyl (C=O) groups is 4. The van der Waals surface area contributed by atoms with Crippen LogP contribution in [0.25, 0.3) is 21.7 Å². The van der Waals surface area contributed by atoms with Gasteiger partial charge in [-0.15, -0.1) is 0 Å². The van der Waals surface area contributed by atoms with Crippen LogP contribution in [-0.4, -0.2) is 186 Å². The zero-order chi connectivity index (χ0) is 38.8. The van der Waals surface area contributed by atoms with Crippen molar-refractivity contribution in [1.82, 2.24) is 29.6 Å². The highest BCUT2D eigenvalue weighted by Gasteiger charge is 2.27. The summed E-state index contributed by atoms with van der Waals surface area (Å²) < 4.78 is 2.00. The lowest BCUT2D eigenvalue weighted by molar-refractivity contribution is -0.653. The zero-order valence-corrected chi connectivity index (χ0v) is 30.8. The Hall–Kier alpha value is -4.27. The minimum atomic E-state index is -1.69. The number of aromatic nitrogens is 1. The third-order valence-corrected chi connectivity index (χ3v) is 9.68. The fourth-order valence-corrected chi connectivity index (χ4v) is 6.75. The Balaban J connectivity index is 1.57. The summed E-state index contributed by atoms with van der Waals surface area (Å²) in [6, 6.07) is 11.3. The van der Waals surface area contributed by atoms with Gasteiger partial charge in [0.2, 0.25) is 17.1 Å². The first-order valence-corrected chi connectivity index (χ1v) is 17.4. The third-order valence-electron chi connectivity index (χ3n) is 9.68. The number of fused-ring (bicyclic) bond motifs is 3. The number of hydrogen-bond acceptors (Lipinski definition) is 12. The highest BCUT2D eigenvalue weighted by atomic mass is 16.7. The molecule has 1 amide bonds. The largest absolute Gasteiger partial charge is 0.489 e. The van der Waals surface area contributed by atoms with Crippen molar-refractivity contribution in [2.75, 3.05) is 99.7 Å². The summed E-state index contributed by atoms with van der Waals surface area (Å²) in [5.41, 5.74) is 2.95. The molecule has 0 aliphatic carbocycles. The lowest BCUT2D eigenvalue weighted by atomic mass is 9.76. The molecule has 1 saturated heterocycles. The van der Waals surface area contributed by atoms with Gasteiger partial charge >= 0.3 is 25.0 Å². The fourth-order valence-electron chi connectivity index (χ4n) is 6.75. The molecule has 3 aromatic rings. The first-order valence-electron chi connectivity index (χ1n) is 17.4. The normalized spacial score (nSPS) is 16.1. The van der Waals surface area contributed by atoms with Crippen molar-refractivity contribution >= 4 is 58.1 Å². The third kappa shape index (κ3) is 11.6. The van der Waals surface area contributed by atoms with Gasteiger partial charge in [-0.2, -0.15) is 9.63 Å². The molecule has 0 saturated carbocycles. The highest BCUT2D eigenvalue weighted by molar-refractivity contribution is 6.62. The molecule has 1 aliphatic heterocycles. The van der Waals surface area contributed by atoms with Crippen LogP contribution in [0.4, 0.5) is 0 Å². The van der Waals surface area contributed by atoms with Gasteiger partial charge in [0.1, 0.15) is 13.6 Å². The first kappa shape index (κ1) is 41.5. The number of rotatable bonds is 14. The maximum absolute atomic E-state index is 13.7. The van der Waals surface area contributed by atoms with E-state index >= 15 is 0 Å². The summed E-state index contributed by atoms with van der Waals surface area (Å²) in [5.74, 6) is -3.24. The molecule has 2 heterocycles. The number of carboxylic acids is 3. The molecule has 2 aromatic carbocycles. The van der Waals surface area contributed by atoms with Crippen molar-refractivity contribution < 1.29 is 54.0 Å². The molecular weight excluding hydrogens is 689 g/mol. The van der Waals surface area contributed by atoms with Gasteiger partial charge in [0, 0.05) is 84.5 Å². The Morgan fingerprint density at radius 3 is 1.68 bits per heavy atom. The quantitative estimate of drug-likeness (QED) is 0.0522. The summed E-state index contributed by atoms with van der Waals surface area (Å²) in [7, 11) is 5.28. The van der Waals surface area contributed by atoms with Crippen LogP contribution in [0, 0.1) is 0 Å². The van der Waals surface area contributed by atoms with Gasteiger partial charge < -0.3 is 35.1 Å². The molecule has 0 spiro atoms. The molecule has 53 heavy (non-hydrogen) atoms. The van der Waals surface area contributed by atoms with Crippen molar-refractivity contribution in [3.8, 4) is 0 Å².